The molecule has 6 heteroatoms. The number of ether oxygens (including phenoxy) is 2. The van der Waals surface area contributed by atoms with E-state index >= 15 is 0 Å². The van der Waals surface area contributed by atoms with Gasteiger partial charge in [-0.25, -0.2) is 4.79 Å². The summed E-state index contributed by atoms with van der Waals surface area (Å²) in [6.45, 7) is 8.99. The lowest BCUT2D eigenvalue weighted by Gasteiger charge is -2.33. The first-order valence-electron chi connectivity index (χ1n) is 8.75. The summed E-state index contributed by atoms with van der Waals surface area (Å²) in [5.74, 6) is 0. The van der Waals surface area contributed by atoms with Crippen molar-refractivity contribution in [1.29, 1.82) is 0 Å². The van der Waals surface area contributed by atoms with Crippen molar-refractivity contribution in [2.45, 2.75) is 58.4 Å². The van der Waals surface area contributed by atoms with Gasteiger partial charge in [0.25, 0.3) is 0 Å². The number of benzene rings is 1. The first kappa shape index (κ1) is 20.2. The zero-order valence-electron chi connectivity index (χ0n) is 15.6. The Hall–Kier alpha value is -1.11. The van der Waals surface area contributed by atoms with Crippen LogP contribution < -0.4 is 5.32 Å². The van der Waals surface area contributed by atoms with E-state index in [1.165, 1.54) is 5.56 Å². The van der Waals surface area contributed by atoms with Crippen LogP contribution in [-0.2, 0) is 22.6 Å². The van der Waals surface area contributed by atoms with E-state index in [9.17, 15) is 4.79 Å². The number of halogens is 1. The fourth-order valence-electron chi connectivity index (χ4n) is 3.04. The number of carbonyl (C=O) groups is 1. The van der Waals surface area contributed by atoms with Gasteiger partial charge in [-0.3, -0.25) is 4.90 Å². The highest BCUT2D eigenvalue weighted by Gasteiger charge is 2.24. The maximum atomic E-state index is 12.0. The normalized spacial score (nSPS) is 18.8. The van der Waals surface area contributed by atoms with Crippen LogP contribution >= 0.6 is 15.9 Å². The molecular formula is C19H29BrN2O3. The van der Waals surface area contributed by atoms with Crippen molar-refractivity contribution in [1.82, 2.24) is 10.2 Å². The topological polar surface area (TPSA) is 50.8 Å². The number of hydrogen-bond donors (Lipinski definition) is 1. The summed E-state index contributed by atoms with van der Waals surface area (Å²) in [5.41, 5.74) is 1.95. The van der Waals surface area contributed by atoms with Crippen LogP contribution in [0.15, 0.2) is 22.7 Å². The molecule has 1 amide bonds. The van der Waals surface area contributed by atoms with Gasteiger partial charge >= 0.3 is 6.09 Å². The number of methoxy groups -OCH3 is 1. The minimum absolute atomic E-state index is 0.137. The number of alkyl carbamates (subject to hydrolysis) is 1. The fraction of sp³-hybridized carbons (Fsp3) is 0.632. The van der Waals surface area contributed by atoms with Gasteiger partial charge in [0.05, 0.1) is 6.61 Å². The van der Waals surface area contributed by atoms with Crippen molar-refractivity contribution in [2.75, 3.05) is 20.2 Å². The largest absolute Gasteiger partial charge is 0.444 e. The lowest BCUT2D eigenvalue weighted by Crippen LogP contribution is -2.48. The van der Waals surface area contributed by atoms with E-state index in [-0.39, 0.29) is 12.1 Å². The molecule has 0 spiro atoms. The third-order valence-corrected chi connectivity index (χ3v) is 4.82. The summed E-state index contributed by atoms with van der Waals surface area (Å²) in [6.07, 6.45) is 1.73. The fourth-order valence-corrected chi connectivity index (χ4v) is 3.40. The molecule has 1 N–H and O–H groups in total. The van der Waals surface area contributed by atoms with Crippen LogP contribution in [0.2, 0.25) is 0 Å². The molecule has 140 valence electrons. The van der Waals surface area contributed by atoms with Crippen molar-refractivity contribution in [3.05, 3.63) is 33.8 Å². The highest BCUT2D eigenvalue weighted by atomic mass is 79.9. The van der Waals surface area contributed by atoms with Gasteiger partial charge in [0.15, 0.2) is 0 Å². The third-order valence-electron chi connectivity index (χ3n) is 4.04. The van der Waals surface area contributed by atoms with Crippen LogP contribution in [0, 0.1) is 0 Å². The molecule has 1 aliphatic heterocycles. The SMILES string of the molecule is COCc1cc(CN2CCCC(NC(=O)OC(C)(C)C)C2)ccc1Br. The predicted molar refractivity (Wildman–Crippen MR) is 103 cm³/mol. The van der Waals surface area contributed by atoms with Gasteiger partial charge in [0, 0.05) is 30.7 Å². The molecule has 1 aromatic rings. The van der Waals surface area contributed by atoms with E-state index in [0.29, 0.717) is 6.61 Å². The zero-order chi connectivity index (χ0) is 18.4. The molecule has 0 saturated carbocycles. The van der Waals surface area contributed by atoms with Gasteiger partial charge in [-0.1, -0.05) is 28.1 Å². The second-order valence-electron chi connectivity index (χ2n) is 7.58. The molecule has 0 radical (unpaired) electrons. The van der Waals surface area contributed by atoms with Crippen LogP contribution in [0.4, 0.5) is 4.79 Å². The standard InChI is InChI=1S/C19H29BrN2O3/c1-19(2,3)25-18(23)21-16-6-5-9-22(12-16)11-14-7-8-17(20)15(10-14)13-24-4/h7-8,10,16H,5-6,9,11-13H2,1-4H3,(H,21,23). The lowest BCUT2D eigenvalue weighted by molar-refractivity contribution is 0.0470. The number of amides is 1. The number of nitrogens with one attached hydrogen (secondary N) is 1. The maximum absolute atomic E-state index is 12.0. The molecule has 1 aromatic carbocycles. The molecule has 1 atom stereocenters. The average molecular weight is 413 g/mol. The van der Waals surface area contributed by atoms with Gasteiger partial charge in [-0.05, 0) is 57.4 Å². The Morgan fingerprint density at radius 1 is 1.40 bits per heavy atom. The summed E-state index contributed by atoms with van der Waals surface area (Å²) < 4.78 is 11.7. The molecule has 1 heterocycles. The maximum Gasteiger partial charge on any atom is 0.407 e. The quantitative estimate of drug-likeness (QED) is 0.790. The Bertz CT molecular complexity index is 587. The zero-order valence-corrected chi connectivity index (χ0v) is 17.2. The Balaban J connectivity index is 1.91. The van der Waals surface area contributed by atoms with Crippen LogP contribution in [0.3, 0.4) is 0 Å². The summed E-state index contributed by atoms with van der Waals surface area (Å²) in [4.78, 5) is 14.4. The Morgan fingerprint density at radius 2 is 2.16 bits per heavy atom. The van der Waals surface area contributed by atoms with Crippen molar-refractivity contribution in [3.8, 4) is 0 Å². The number of carbonyl (C=O) groups excluding carboxylic acids is 1. The molecule has 0 aliphatic carbocycles. The molecule has 0 bridgehead atoms. The second-order valence-corrected chi connectivity index (χ2v) is 8.43. The summed E-state index contributed by atoms with van der Waals surface area (Å²) in [7, 11) is 1.71. The first-order valence-corrected chi connectivity index (χ1v) is 9.54. The smallest absolute Gasteiger partial charge is 0.407 e. The van der Waals surface area contributed by atoms with Crippen molar-refractivity contribution in [2.24, 2.45) is 0 Å². The van der Waals surface area contributed by atoms with E-state index in [2.05, 4.69) is 44.3 Å². The van der Waals surface area contributed by atoms with E-state index < -0.39 is 5.60 Å². The minimum Gasteiger partial charge on any atom is -0.444 e. The first-order chi connectivity index (χ1) is 11.8. The minimum atomic E-state index is -0.465. The van der Waals surface area contributed by atoms with Crippen LogP contribution in [0.25, 0.3) is 0 Å². The molecule has 1 fully saturated rings. The van der Waals surface area contributed by atoms with Crippen molar-refractivity contribution >= 4 is 22.0 Å². The summed E-state index contributed by atoms with van der Waals surface area (Å²) in [6, 6.07) is 6.52. The number of likely N-dealkylation sites (tertiary alicyclic amines) is 1. The Morgan fingerprint density at radius 3 is 2.84 bits per heavy atom. The Labute approximate surface area is 159 Å². The number of nitrogens with zero attached hydrogens (tertiary/aromatic N) is 1. The Kier molecular flexibility index (Phi) is 7.28. The third kappa shape index (κ3) is 6.96. The summed E-state index contributed by atoms with van der Waals surface area (Å²) >= 11 is 3.56. The predicted octanol–water partition coefficient (Wildman–Crippen LogP) is 4.08. The van der Waals surface area contributed by atoms with Crippen LogP contribution in [-0.4, -0.2) is 42.8 Å². The lowest BCUT2D eigenvalue weighted by atomic mass is 10.0. The molecule has 2 rings (SSSR count). The van der Waals surface area contributed by atoms with Gasteiger partial charge in [0.1, 0.15) is 5.60 Å². The van der Waals surface area contributed by atoms with Gasteiger partial charge in [-0.15, -0.1) is 0 Å². The van der Waals surface area contributed by atoms with Crippen LogP contribution in [0.1, 0.15) is 44.7 Å². The number of rotatable bonds is 5. The molecule has 1 aliphatic rings. The van der Waals surface area contributed by atoms with E-state index in [1.54, 1.807) is 7.11 Å². The second kappa shape index (κ2) is 9.01. The number of piperidine rings is 1. The van der Waals surface area contributed by atoms with Gasteiger partial charge < -0.3 is 14.8 Å². The van der Waals surface area contributed by atoms with E-state index in [1.807, 2.05) is 20.8 Å². The van der Waals surface area contributed by atoms with Crippen molar-refractivity contribution < 1.29 is 14.3 Å². The summed E-state index contributed by atoms with van der Waals surface area (Å²) in [5, 5.41) is 3.00. The van der Waals surface area contributed by atoms with Gasteiger partial charge in [-0.2, -0.15) is 0 Å². The van der Waals surface area contributed by atoms with Gasteiger partial charge in [0.2, 0.25) is 0 Å². The average Bonchev–Trinajstić information content (AvgIpc) is 2.49. The monoisotopic (exact) mass is 412 g/mol. The molecule has 25 heavy (non-hydrogen) atoms. The number of hydrogen-bond acceptors (Lipinski definition) is 4. The van der Waals surface area contributed by atoms with E-state index in [4.69, 9.17) is 9.47 Å². The molecule has 1 saturated heterocycles. The molecular weight excluding hydrogens is 384 g/mol. The highest BCUT2D eigenvalue weighted by molar-refractivity contribution is 9.10. The molecule has 0 aromatic heterocycles. The van der Waals surface area contributed by atoms with E-state index in [0.717, 1.165) is 42.5 Å². The van der Waals surface area contributed by atoms with Crippen molar-refractivity contribution in [3.63, 3.8) is 0 Å². The molecule has 1 unspecified atom stereocenters. The van der Waals surface area contributed by atoms with Crippen LogP contribution in [0.5, 0.6) is 0 Å². The highest BCUT2D eigenvalue weighted by Crippen LogP contribution is 2.21. The molecule has 5 nitrogen and oxygen atoms in total.